The topological polar surface area (TPSA) is 35.5 Å². The molecule has 0 spiro atoms. The predicted octanol–water partition coefficient (Wildman–Crippen LogP) is 7.28. The second kappa shape index (κ2) is 12.2. The van der Waals surface area contributed by atoms with E-state index in [1.54, 1.807) is 6.08 Å². The molecule has 0 aliphatic carbocycles. The summed E-state index contributed by atoms with van der Waals surface area (Å²) in [5.41, 5.74) is 2.79. The Morgan fingerprint density at radius 1 is 0.933 bits per heavy atom. The first-order chi connectivity index (χ1) is 14.5. The lowest BCUT2D eigenvalue weighted by atomic mass is 10.0. The number of rotatable bonds is 12. The molecule has 0 aliphatic heterocycles. The average Bonchev–Trinajstić information content (AvgIpc) is 2.73. The van der Waals surface area contributed by atoms with Crippen LogP contribution < -0.4 is 9.47 Å². The van der Waals surface area contributed by atoms with E-state index >= 15 is 0 Å². The minimum absolute atomic E-state index is 0.0435. The summed E-state index contributed by atoms with van der Waals surface area (Å²) in [5.74, 6) is 1.52. The van der Waals surface area contributed by atoms with Crippen molar-refractivity contribution in [2.24, 2.45) is 0 Å². The largest absolute Gasteiger partial charge is 0.491 e. The van der Waals surface area contributed by atoms with Crippen LogP contribution in [0.4, 0.5) is 0 Å². The molecular formula is C27H36O3. The first-order valence-corrected chi connectivity index (χ1v) is 11.2. The molecule has 0 saturated heterocycles. The van der Waals surface area contributed by atoms with E-state index < -0.39 is 0 Å². The monoisotopic (exact) mass is 408 g/mol. The Morgan fingerprint density at radius 2 is 1.63 bits per heavy atom. The molecule has 0 fully saturated rings. The SMILES string of the molecule is CCCC(C)Oc1cccc(C(=O)/C=C/c2cc(CC)ccc2OC(C)CCC)c1. The number of carbonyl (C=O) groups is 1. The van der Waals surface area contributed by atoms with E-state index in [0.29, 0.717) is 5.56 Å². The van der Waals surface area contributed by atoms with Crippen LogP contribution in [0.1, 0.15) is 81.8 Å². The van der Waals surface area contributed by atoms with E-state index in [-0.39, 0.29) is 18.0 Å². The van der Waals surface area contributed by atoms with E-state index in [0.717, 1.165) is 49.2 Å². The Morgan fingerprint density at radius 3 is 2.30 bits per heavy atom. The number of ether oxygens (including phenoxy) is 2. The van der Waals surface area contributed by atoms with Crippen LogP contribution in [0, 0.1) is 0 Å². The summed E-state index contributed by atoms with van der Waals surface area (Å²) in [7, 11) is 0. The van der Waals surface area contributed by atoms with E-state index in [1.807, 2.05) is 36.4 Å². The molecule has 0 saturated carbocycles. The van der Waals surface area contributed by atoms with Gasteiger partial charge in [0.25, 0.3) is 0 Å². The molecule has 0 N–H and O–H groups in total. The Bertz CT molecular complexity index is 838. The van der Waals surface area contributed by atoms with Gasteiger partial charge in [-0.15, -0.1) is 0 Å². The van der Waals surface area contributed by atoms with Crippen molar-refractivity contribution in [2.75, 3.05) is 0 Å². The minimum atomic E-state index is -0.0435. The zero-order valence-corrected chi connectivity index (χ0v) is 19.1. The Hall–Kier alpha value is -2.55. The molecule has 2 atom stereocenters. The zero-order valence-electron chi connectivity index (χ0n) is 19.1. The van der Waals surface area contributed by atoms with Crippen LogP contribution in [-0.2, 0) is 6.42 Å². The number of aryl methyl sites for hydroxylation is 1. The summed E-state index contributed by atoms with van der Waals surface area (Å²) in [6.45, 7) is 10.6. The molecule has 2 rings (SSSR count). The molecule has 0 radical (unpaired) electrons. The molecule has 2 unspecified atom stereocenters. The highest BCUT2D eigenvalue weighted by molar-refractivity contribution is 6.07. The van der Waals surface area contributed by atoms with Crippen LogP contribution in [0.25, 0.3) is 6.08 Å². The summed E-state index contributed by atoms with van der Waals surface area (Å²) in [6, 6.07) is 13.6. The maximum absolute atomic E-state index is 12.8. The molecule has 0 heterocycles. The van der Waals surface area contributed by atoms with Crippen molar-refractivity contribution in [3.05, 3.63) is 65.2 Å². The summed E-state index contributed by atoms with van der Waals surface area (Å²) >= 11 is 0. The molecule has 0 aliphatic rings. The molecule has 30 heavy (non-hydrogen) atoms. The van der Waals surface area contributed by atoms with Gasteiger partial charge >= 0.3 is 0 Å². The van der Waals surface area contributed by atoms with Crippen molar-refractivity contribution < 1.29 is 14.3 Å². The number of hydrogen-bond donors (Lipinski definition) is 0. The van der Waals surface area contributed by atoms with Gasteiger partial charge in [0.15, 0.2) is 5.78 Å². The second-order valence-electron chi connectivity index (χ2n) is 7.89. The molecule has 2 aromatic carbocycles. The molecule has 2 aromatic rings. The van der Waals surface area contributed by atoms with Crippen molar-refractivity contribution in [3.8, 4) is 11.5 Å². The predicted molar refractivity (Wildman–Crippen MR) is 126 cm³/mol. The van der Waals surface area contributed by atoms with E-state index in [9.17, 15) is 4.79 Å². The van der Waals surface area contributed by atoms with Crippen molar-refractivity contribution in [2.45, 2.75) is 78.9 Å². The van der Waals surface area contributed by atoms with E-state index in [4.69, 9.17) is 9.47 Å². The summed E-state index contributed by atoms with van der Waals surface area (Å²) in [5, 5.41) is 0. The third kappa shape index (κ3) is 7.37. The number of carbonyl (C=O) groups excluding carboxylic acids is 1. The van der Waals surface area contributed by atoms with Gasteiger partial charge in [-0.25, -0.2) is 0 Å². The lowest BCUT2D eigenvalue weighted by molar-refractivity contribution is 0.104. The number of allylic oxidation sites excluding steroid dienone is 1. The standard InChI is InChI=1S/C27H36O3/c1-6-10-20(4)29-25-13-9-12-23(19-25)26(28)16-15-24-18-22(8-3)14-17-27(24)30-21(5)11-7-2/h9,12-21H,6-8,10-11H2,1-5H3/b16-15+. The molecule has 3 heteroatoms. The molecule has 162 valence electrons. The third-order valence-electron chi connectivity index (χ3n) is 5.07. The first-order valence-electron chi connectivity index (χ1n) is 11.2. The van der Waals surface area contributed by atoms with Gasteiger partial charge in [-0.05, 0) is 75.1 Å². The molecule has 0 bridgehead atoms. The second-order valence-corrected chi connectivity index (χ2v) is 7.89. The fourth-order valence-electron chi connectivity index (χ4n) is 3.42. The summed E-state index contributed by atoms with van der Waals surface area (Å²) in [4.78, 5) is 12.8. The normalized spacial score (nSPS) is 13.2. The van der Waals surface area contributed by atoms with Gasteiger partial charge < -0.3 is 9.47 Å². The number of hydrogen-bond acceptors (Lipinski definition) is 3. The average molecular weight is 409 g/mol. The van der Waals surface area contributed by atoms with Crippen molar-refractivity contribution in [1.82, 2.24) is 0 Å². The van der Waals surface area contributed by atoms with Gasteiger partial charge in [0.1, 0.15) is 11.5 Å². The Labute approximate surface area is 182 Å². The number of benzene rings is 2. The van der Waals surface area contributed by atoms with E-state index in [2.05, 4.69) is 46.8 Å². The van der Waals surface area contributed by atoms with Gasteiger partial charge in [0.2, 0.25) is 0 Å². The van der Waals surface area contributed by atoms with Crippen LogP contribution >= 0.6 is 0 Å². The van der Waals surface area contributed by atoms with Crippen LogP contribution in [-0.4, -0.2) is 18.0 Å². The Kier molecular flexibility index (Phi) is 9.66. The molecule has 3 nitrogen and oxygen atoms in total. The molecular weight excluding hydrogens is 372 g/mol. The van der Waals surface area contributed by atoms with Crippen molar-refractivity contribution >= 4 is 11.9 Å². The minimum Gasteiger partial charge on any atom is -0.491 e. The van der Waals surface area contributed by atoms with Crippen LogP contribution in [0.3, 0.4) is 0 Å². The van der Waals surface area contributed by atoms with Crippen molar-refractivity contribution in [3.63, 3.8) is 0 Å². The highest BCUT2D eigenvalue weighted by Gasteiger charge is 2.10. The van der Waals surface area contributed by atoms with Crippen LogP contribution in [0.15, 0.2) is 48.5 Å². The van der Waals surface area contributed by atoms with E-state index in [1.165, 1.54) is 5.56 Å². The molecule has 0 amide bonds. The van der Waals surface area contributed by atoms with Gasteiger partial charge in [-0.2, -0.15) is 0 Å². The third-order valence-corrected chi connectivity index (χ3v) is 5.07. The van der Waals surface area contributed by atoms with Gasteiger partial charge in [-0.3, -0.25) is 4.79 Å². The first kappa shape index (κ1) is 23.7. The summed E-state index contributed by atoms with van der Waals surface area (Å²) < 4.78 is 12.1. The van der Waals surface area contributed by atoms with Crippen molar-refractivity contribution in [1.29, 1.82) is 0 Å². The van der Waals surface area contributed by atoms with Gasteiger partial charge in [0.05, 0.1) is 12.2 Å². The maximum Gasteiger partial charge on any atom is 0.185 e. The highest BCUT2D eigenvalue weighted by atomic mass is 16.5. The maximum atomic E-state index is 12.8. The van der Waals surface area contributed by atoms with Crippen LogP contribution in [0.2, 0.25) is 0 Å². The lowest BCUT2D eigenvalue weighted by Crippen LogP contribution is -2.12. The fourth-order valence-corrected chi connectivity index (χ4v) is 3.42. The highest BCUT2D eigenvalue weighted by Crippen LogP contribution is 2.25. The fraction of sp³-hybridized carbons (Fsp3) is 0.444. The number of ketones is 1. The quantitative estimate of drug-likeness (QED) is 0.273. The van der Waals surface area contributed by atoms with Gasteiger partial charge in [-0.1, -0.05) is 51.8 Å². The Balaban J connectivity index is 2.19. The lowest BCUT2D eigenvalue weighted by Gasteiger charge is -2.16. The van der Waals surface area contributed by atoms with Gasteiger partial charge in [0, 0.05) is 11.1 Å². The van der Waals surface area contributed by atoms with Crippen LogP contribution in [0.5, 0.6) is 11.5 Å². The molecule has 0 aromatic heterocycles. The smallest absolute Gasteiger partial charge is 0.185 e. The summed E-state index contributed by atoms with van der Waals surface area (Å²) in [6.07, 6.45) is 8.85. The zero-order chi connectivity index (χ0) is 21.9.